The zero-order valence-corrected chi connectivity index (χ0v) is 8.93. The largest absolute Gasteiger partial charge is 0.387 e. The fraction of sp³-hybridized carbons (Fsp3) is 0.250. The maximum Gasteiger partial charge on any atom is 0.120 e. The molecule has 4 heteroatoms. The predicted octanol–water partition coefficient (Wildman–Crippen LogP) is 1.23. The van der Waals surface area contributed by atoms with E-state index in [9.17, 15) is 5.11 Å². The van der Waals surface area contributed by atoms with Crippen molar-refractivity contribution in [2.75, 3.05) is 6.54 Å². The minimum absolute atomic E-state index is 0.476. The van der Waals surface area contributed by atoms with Crippen LogP contribution < -0.4 is 5.32 Å². The summed E-state index contributed by atoms with van der Waals surface area (Å²) in [7, 11) is 0. The van der Waals surface area contributed by atoms with Gasteiger partial charge in [-0.3, -0.25) is 0 Å². The van der Waals surface area contributed by atoms with Crippen LogP contribution in [0.4, 0.5) is 0 Å². The third kappa shape index (κ3) is 2.92. The molecule has 0 saturated heterocycles. The van der Waals surface area contributed by atoms with Gasteiger partial charge < -0.3 is 15.4 Å². The van der Waals surface area contributed by atoms with Crippen molar-refractivity contribution in [3.63, 3.8) is 0 Å². The standard InChI is InChI=1S/C12H15N3O/c16-11(10-4-2-1-3-5-10)8-13-9-12-14-6-7-15-12/h1-7,11,13,16H,8-9H2,(H,14,15). The molecule has 1 aromatic carbocycles. The lowest BCUT2D eigenvalue weighted by Gasteiger charge is -2.11. The molecule has 0 bridgehead atoms. The Labute approximate surface area is 94.4 Å². The molecule has 0 fully saturated rings. The predicted molar refractivity (Wildman–Crippen MR) is 61.7 cm³/mol. The number of benzene rings is 1. The van der Waals surface area contributed by atoms with Crippen LogP contribution in [-0.2, 0) is 6.54 Å². The van der Waals surface area contributed by atoms with Gasteiger partial charge in [0.15, 0.2) is 0 Å². The van der Waals surface area contributed by atoms with E-state index < -0.39 is 6.10 Å². The van der Waals surface area contributed by atoms with Crippen LogP contribution in [0.15, 0.2) is 42.7 Å². The van der Waals surface area contributed by atoms with Gasteiger partial charge in [0, 0.05) is 18.9 Å². The maximum atomic E-state index is 9.86. The Balaban J connectivity index is 1.78. The summed E-state index contributed by atoms with van der Waals surface area (Å²) in [5, 5.41) is 13.0. The molecule has 84 valence electrons. The van der Waals surface area contributed by atoms with Crippen molar-refractivity contribution >= 4 is 0 Å². The molecule has 0 aliphatic rings. The van der Waals surface area contributed by atoms with Crippen molar-refractivity contribution in [3.05, 3.63) is 54.1 Å². The molecule has 0 spiro atoms. The Morgan fingerprint density at radius 1 is 1.31 bits per heavy atom. The lowest BCUT2D eigenvalue weighted by molar-refractivity contribution is 0.174. The maximum absolute atomic E-state index is 9.86. The molecule has 0 amide bonds. The minimum Gasteiger partial charge on any atom is -0.387 e. The third-order valence-electron chi connectivity index (χ3n) is 2.37. The zero-order valence-electron chi connectivity index (χ0n) is 8.93. The topological polar surface area (TPSA) is 60.9 Å². The van der Waals surface area contributed by atoms with Crippen LogP contribution in [0, 0.1) is 0 Å². The van der Waals surface area contributed by atoms with E-state index in [1.807, 2.05) is 30.3 Å². The summed E-state index contributed by atoms with van der Waals surface area (Å²) in [4.78, 5) is 7.08. The molecule has 0 radical (unpaired) electrons. The lowest BCUT2D eigenvalue weighted by atomic mass is 10.1. The zero-order chi connectivity index (χ0) is 11.2. The molecule has 1 unspecified atom stereocenters. The van der Waals surface area contributed by atoms with E-state index >= 15 is 0 Å². The van der Waals surface area contributed by atoms with Gasteiger partial charge in [-0.15, -0.1) is 0 Å². The number of hydrogen-bond donors (Lipinski definition) is 3. The number of aromatic nitrogens is 2. The Morgan fingerprint density at radius 2 is 2.12 bits per heavy atom. The fourth-order valence-corrected chi connectivity index (χ4v) is 1.51. The Morgan fingerprint density at radius 3 is 2.81 bits per heavy atom. The van der Waals surface area contributed by atoms with Crippen LogP contribution in [-0.4, -0.2) is 21.6 Å². The number of aromatic amines is 1. The van der Waals surface area contributed by atoms with Crippen LogP contribution in [0.2, 0.25) is 0 Å². The van der Waals surface area contributed by atoms with Gasteiger partial charge in [0.25, 0.3) is 0 Å². The van der Waals surface area contributed by atoms with E-state index in [1.165, 1.54) is 0 Å². The average molecular weight is 217 g/mol. The first kappa shape index (κ1) is 10.9. The summed E-state index contributed by atoms with van der Waals surface area (Å²) >= 11 is 0. The van der Waals surface area contributed by atoms with Gasteiger partial charge in [-0.25, -0.2) is 4.98 Å². The Bertz CT molecular complexity index is 399. The van der Waals surface area contributed by atoms with Gasteiger partial charge in [-0.05, 0) is 5.56 Å². The molecule has 4 nitrogen and oxygen atoms in total. The van der Waals surface area contributed by atoms with Crippen molar-refractivity contribution in [2.45, 2.75) is 12.6 Å². The highest BCUT2D eigenvalue weighted by Gasteiger charge is 2.05. The number of nitrogens with one attached hydrogen (secondary N) is 2. The second-order valence-corrected chi connectivity index (χ2v) is 3.59. The number of rotatable bonds is 5. The number of hydrogen-bond acceptors (Lipinski definition) is 3. The van der Waals surface area contributed by atoms with E-state index in [4.69, 9.17) is 0 Å². The second-order valence-electron chi connectivity index (χ2n) is 3.59. The molecule has 2 rings (SSSR count). The normalized spacial score (nSPS) is 12.6. The van der Waals surface area contributed by atoms with Gasteiger partial charge in [0.1, 0.15) is 5.82 Å². The van der Waals surface area contributed by atoms with Crippen LogP contribution in [0.1, 0.15) is 17.5 Å². The highest BCUT2D eigenvalue weighted by Crippen LogP contribution is 2.10. The molecule has 1 aromatic heterocycles. The number of aliphatic hydroxyl groups excluding tert-OH is 1. The highest BCUT2D eigenvalue weighted by molar-refractivity contribution is 5.17. The van der Waals surface area contributed by atoms with E-state index in [2.05, 4.69) is 15.3 Å². The molecule has 0 aliphatic heterocycles. The summed E-state index contributed by atoms with van der Waals surface area (Å²) in [6.45, 7) is 1.15. The van der Waals surface area contributed by atoms with Crippen molar-refractivity contribution in [1.29, 1.82) is 0 Å². The molecule has 3 N–H and O–H groups in total. The van der Waals surface area contributed by atoms with Crippen LogP contribution in [0.25, 0.3) is 0 Å². The van der Waals surface area contributed by atoms with Crippen LogP contribution in [0.5, 0.6) is 0 Å². The van der Waals surface area contributed by atoms with Gasteiger partial charge >= 0.3 is 0 Å². The molecular formula is C12H15N3O. The van der Waals surface area contributed by atoms with E-state index in [-0.39, 0.29) is 0 Å². The first-order valence-corrected chi connectivity index (χ1v) is 5.28. The van der Waals surface area contributed by atoms with Gasteiger partial charge in [0.2, 0.25) is 0 Å². The molecule has 16 heavy (non-hydrogen) atoms. The third-order valence-corrected chi connectivity index (χ3v) is 2.37. The SMILES string of the molecule is OC(CNCc1ncc[nH]1)c1ccccc1. The van der Waals surface area contributed by atoms with Gasteiger partial charge in [0.05, 0.1) is 12.6 Å². The van der Waals surface area contributed by atoms with Gasteiger partial charge in [-0.2, -0.15) is 0 Å². The van der Waals surface area contributed by atoms with Crippen LogP contribution in [0.3, 0.4) is 0 Å². The first-order chi connectivity index (χ1) is 7.86. The Kier molecular flexibility index (Phi) is 3.69. The van der Waals surface area contributed by atoms with Gasteiger partial charge in [-0.1, -0.05) is 30.3 Å². The molecule has 1 atom stereocenters. The number of imidazole rings is 1. The number of aliphatic hydroxyl groups is 1. The summed E-state index contributed by atoms with van der Waals surface area (Å²) in [6, 6.07) is 9.61. The number of H-pyrrole nitrogens is 1. The van der Waals surface area contributed by atoms with Crippen molar-refractivity contribution in [1.82, 2.24) is 15.3 Å². The Hall–Kier alpha value is -1.65. The number of nitrogens with zero attached hydrogens (tertiary/aromatic N) is 1. The van der Waals surface area contributed by atoms with E-state index in [0.717, 1.165) is 11.4 Å². The molecular weight excluding hydrogens is 202 g/mol. The monoisotopic (exact) mass is 217 g/mol. The molecule has 2 aromatic rings. The minimum atomic E-state index is -0.476. The van der Waals surface area contributed by atoms with E-state index in [1.54, 1.807) is 12.4 Å². The summed E-state index contributed by atoms with van der Waals surface area (Å²) in [5.74, 6) is 0.875. The fourth-order valence-electron chi connectivity index (χ4n) is 1.51. The van der Waals surface area contributed by atoms with Crippen molar-refractivity contribution in [3.8, 4) is 0 Å². The molecule has 0 saturated carbocycles. The summed E-state index contributed by atoms with van der Waals surface area (Å²) in [5.41, 5.74) is 0.925. The quantitative estimate of drug-likeness (QED) is 0.706. The highest BCUT2D eigenvalue weighted by atomic mass is 16.3. The first-order valence-electron chi connectivity index (χ1n) is 5.28. The van der Waals surface area contributed by atoms with Crippen molar-refractivity contribution < 1.29 is 5.11 Å². The van der Waals surface area contributed by atoms with E-state index in [0.29, 0.717) is 13.1 Å². The lowest BCUT2D eigenvalue weighted by Crippen LogP contribution is -2.21. The summed E-state index contributed by atoms with van der Waals surface area (Å²) < 4.78 is 0. The molecule has 1 heterocycles. The van der Waals surface area contributed by atoms with Crippen LogP contribution >= 0.6 is 0 Å². The van der Waals surface area contributed by atoms with Crippen molar-refractivity contribution in [2.24, 2.45) is 0 Å². The second kappa shape index (κ2) is 5.44. The molecule has 0 aliphatic carbocycles. The average Bonchev–Trinajstić information content (AvgIpc) is 2.83. The summed E-state index contributed by atoms with van der Waals surface area (Å²) in [6.07, 6.45) is 3.02. The smallest absolute Gasteiger partial charge is 0.120 e.